The lowest BCUT2D eigenvalue weighted by molar-refractivity contribution is 0.895. The highest BCUT2D eigenvalue weighted by molar-refractivity contribution is 6.31. The molecule has 0 aliphatic heterocycles. The van der Waals surface area contributed by atoms with Crippen LogP contribution >= 0.6 is 11.6 Å². The highest BCUT2D eigenvalue weighted by Gasteiger charge is 2.09. The first-order valence-corrected chi connectivity index (χ1v) is 4.76. The lowest BCUT2D eigenvalue weighted by Crippen LogP contribution is -2.03. The van der Waals surface area contributed by atoms with Crippen LogP contribution in [0.5, 0.6) is 0 Å². The molecule has 4 nitrogen and oxygen atoms in total. The Labute approximate surface area is 86.5 Å². The predicted octanol–water partition coefficient (Wildman–Crippen LogP) is 1.56. The molecule has 2 heterocycles. The van der Waals surface area contributed by atoms with Crippen LogP contribution in [-0.2, 0) is 6.42 Å². The second-order valence-electron chi connectivity index (χ2n) is 2.98. The second kappa shape index (κ2) is 3.86. The Balaban J connectivity index is 2.35. The van der Waals surface area contributed by atoms with Crippen molar-refractivity contribution >= 4 is 11.6 Å². The molecule has 0 atom stereocenters. The van der Waals surface area contributed by atoms with E-state index in [0.29, 0.717) is 18.1 Å². The van der Waals surface area contributed by atoms with E-state index >= 15 is 0 Å². The van der Waals surface area contributed by atoms with Crippen molar-refractivity contribution in [1.29, 1.82) is 0 Å². The van der Waals surface area contributed by atoms with Crippen LogP contribution in [0.25, 0.3) is 11.3 Å². The van der Waals surface area contributed by atoms with Crippen LogP contribution in [0.4, 0.5) is 0 Å². The van der Waals surface area contributed by atoms with Gasteiger partial charge in [-0.1, -0.05) is 11.6 Å². The van der Waals surface area contributed by atoms with Gasteiger partial charge in [-0.25, -0.2) is 4.98 Å². The fourth-order valence-electron chi connectivity index (χ4n) is 1.32. The number of rotatable bonds is 3. The number of imidazole rings is 1. The molecule has 0 unspecified atom stereocenters. The Morgan fingerprint density at radius 2 is 2.36 bits per heavy atom. The minimum Gasteiger partial charge on any atom is -0.367 e. The van der Waals surface area contributed by atoms with Crippen LogP contribution in [-0.4, -0.2) is 21.5 Å². The minimum absolute atomic E-state index is 0.563. The number of aromatic amines is 2. The number of hydrogen-bond acceptors (Lipinski definition) is 2. The van der Waals surface area contributed by atoms with Crippen molar-refractivity contribution in [1.82, 2.24) is 15.0 Å². The molecule has 74 valence electrons. The summed E-state index contributed by atoms with van der Waals surface area (Å²) in [5, 5.41) is 0.563. The lowest BCUT2D eigenvalue weighted by atomic mass is 10.3. The SMILES string of the molecule is NCCc1nc(-c2cc[nH]c2)c(Cl)[nH]1. The van der Waals surface area contributed by atoms with Crippen molar-refractivity contribution in [3.05, 3.63) is 29.4 Å². The quantitative estimate of drug-likeness (QED) is 0.720. The van der Waals surface area contributed by atoms with E-state index in [4.69, 9.17) is 17.3 Å². The first-order chi connectivity index (χ1) is 6.81. The van der Waals surface area contributed by atoms with E-state index in [1.807, 2.05) is 18.5 Å². The van der Waals surface area contributed by atoms with Crippen molar-refractivity contribution in [3.8, 4) is 11.3 Å². The molecule has 4 N–H and O–H groups in total. The van der Waals surface area contributed by atoms with Gasteiger partial charge in [-0.05, 0) is 12.6 Å². The van der Waals surface area contributed by atoms with E-state index in [2.05, 4.69) is 15.0 Å². The number of aromatic nitrogens is 3. The summed E-state index contributed by atoms with van der Waals surface area (Å²) < 4.78 is 0. The lowest BCUT2D eigenvalue weighted by Gasteiger charge is -1.89. The van der Waals surface area contributed by atoms with E-state index in [1.165, 1.54) is 0 Å². The maximum absolute atomic E-state index is 6.00. The number of nitrogens with one attached hydrogen (secondary N) is 2. The molecule has 0 saturated heterocycles. The Bertz CT molecular complexity index is 404. The molecule has 0 saturated carbocycles. The molecular weight excluding hydrogens is 200 g/mol. The summed E-state index contributed by atoms with van der Waals surface area (Å²) in [6.45, 7) is 0.566. The smallest absolute Gasteiger partial charge is 0.134 e. The number of halogens is 1. The molecule has 0 aromatic carbocycles. The van der Waals surface area contributed by atoms with Gasteiger partial charge in [0.2, 0.25) is 0 Å². The van der Waals surface area contributed by atoms with Crippen LogP contribution in [0, 0.1) is 0 Å². The van der Waals surface area contributed by atoms with Crippen molar-refractivity contribution in [2.24, 2.45) is 5.73 Å². The summed E-state index contributed by atoms with van der Waals surface area (Å²) in [5.74, 6) is 0.828. The van der Waals surface area contributed by atoms with Crippen LogP contribution in [0.3, 0.4) is 0 Å². The fraction of sp³-hybridized carbons (Fsp3) is 0.222. The number of nitrogens with zero attached hydrogens (tertiary/aromatic N) is 1. The summed E-state index contributed by atoms with van der Waals surface area (Å²) in [5.41, 5.74) is 7.18. The summed E-state index contributed by atoms with van der Waals surface area (Å²) in [6, 6.07) is 1.92. The number of H-pyrrole nitrogens is 2. The normalized spacial score (nSPS) is 10.7. The van der Waals surface area contributed by atoms with Crippen molar-refractivity contribution in [2.75, 3.05) is 6.54 Å². The summed E-state index contributed by atoms with van der Waals surface area (Å²) in [7, 11) is 0. The Morgan fingerprint density at radius 1 is 1.50 bits per heavy atom. The molecule has 0 radical (unpaired) electrons. The molecule has 2 aromatic heterocycles. The zero-order valence-corrected chi connectivity index (χ0v) is 8.30. The maximum Gasteiger partial charge on any atom is 0.134 e. The van der Waals surface area contributed by atoms with Gasteiger partial charge >= 0.3 is 0 Å². The minimum atomic E-state index is 0.563. The van der Waals surface area contributed by atoms with E-state index in [9.17, 15) is 0 Å². The third kappa shape index (κ3) is 1.66. The van der Waals surface area contributed by atoms with Crippen LogP contribution in [0.15, 0.2) is 18.5 Å². The monoisotopic (exact) mass is 210 g/mol. The van der Waals surface area contributed by atoms with E-state index in [1.54, 1.807) is 0 Å². The maximum atomic E-state index is 6.00. The highest BCUT2D eigenvalue weighted by atomic mass is 35.5. The molecule has 0 amide bonds. The standard InChI is InChI=1S/C9H11ClN4/c10-9-8(6-2-4-12-5-6)13-7(14-9)1-3-11/h2,4-5,12H,1,3,11H2,(H,13,14). The van der Waals surface area contributed by atoms with Gasteiger partial charge in [0.15, 0.2) is 0 Å². The molecule has 2 rings (SSSR count). The summed E-state index contributed by atoms with van der Waals surface area (Å²) in [6.07, 6.45) is 4.40. The molecule has 0 aliphatic carbocycles. The largest absolute Gasteiger partial charge is 0.367 e. The Morgan fingerprint density at radius 3 is 3.00 bits per heavy atom. The zero-order chi connectivity index (χ0) is 9.97. The van der Waals surface area contributed by atoms with Crippen molar-refractivity contribution in [3.63, 3.8) is 0 Å². The molecule has 2 aromatic rings. The fourth-order valence-corrected chi connectivity index (χ4v) is 1.58. The van der Waals surface area contributed by atoms with E-state index in [-0.39, 0.29) is 0 Å². The first-order valence-electron chi connectivity index (χ1n) is 4.39. The molecule has 5 heteroatoms. The van der Waals surface area contributed by atoms with Crippen molar-refractivity contribution in [2.45, 2.75) is 6.42 Å². The van der Waals surface area contributed by atoms with E-state index in [0.717, 1.165) is 17.1 Å². The van der Waals surface area contributed by atoms with Crippen molar-refractivity contribution < 1.29 is 0 Å². The van der Waals surface area contributed by atoms with Gasteiger partial charge in [-0.15, -0.1) is 0 Å². The van der Waals surface area contributed by atoms with Gasteiger partial charge in [0.1, 0.15) is 16.7 Å². The number of hydrogen-bond donors (Lipinski definition) is 3. The summed E-state index contributed by atoms with van der Waals surface area (Å²) in [4.78, 5) is 10.3. The Hall–Kier alpha value is -1.26. The van der Waals surface area contributed by atoms with Crippen LogP contribution in [0.1, 0.15) is 5.82 Å². The van der Waals surface area contributed by atoms with Gasteiger partial charge in [0.05, 0.1) is 0 Å². The third-order valence-corrected chi connectivity index (χ3v) is 2.23. The molecule has 0 fully saturated rings. The molecule has 14 heavy (non-hydrogen) atoms. The van der Waals surface area contributed by atoms with Gasteiger partial charge in [-0.2, -0.15) is 0 Å². The van der Waals surface area contributed by atoms with Gasteiger partial charge in [-0.3, -0.25) is 0 Å². The van der Waals surface area contributed by atoms with Crippen LogP contribution < -0.4 is 5.73 Å². The zero-order valence-electron chi connectivity index (χ0n) is 7.55. The second-order valence-corrected chi connectivity index (χ2v) is 3.36. The average molecular weight is 211 g/mol. The van der Waals surface area contributed by atoms with Gasteiger partial charge in [0, 0.05) is 24.4 Å². The van der Waals surface area contributed by atoms with Gasteiger partial charge < -0.3 is 15.7 Å². The molecule has 0 spiro atoms. The third-order valence-electron chi connectivity index (χ3n) is 1.96. The molecule has 0 aliphatic rings. The topological polar surface area (TPSA) is 70.5 Å². The first kappa shape index (κ1) is 9.30. The number of nitrogens with two attached hydrogens (primary N) is 1. The Kier molecular flexibility index (Phi) is 2.56. The molecular formula is C9H11ClN4. The molecule has 0 bridgehead atoms. The highest BCUT2D eigenvalue weighted by Crippen LogP contribution is 2.24. The predicted molar refractivity (Wildman–Crippen MR) is 56.1 cm³/mol. The van der Waals surface area contributed by atoms with Gasteiger partial charge in [0.25, 0.3) is 0 Å². The average Bonchev–Trinajstić information content (AvgIpc) is 2.74. The van der Waals surface area contributed by atoms with E-state index < -0.39 is 0 Å². The summed E-state index contributed by atoms with van der Waals surface area (Å²) >= 11 is 6.00. The van der Waals surface area contributed by atoms with Crippen LogP contribution in [0.2, 0.25) is 5.15 Å².